The molecule has 3 aromatic rings. The number of amides is 3. The summed E-state index contributed by atoms with van der Waals surface area (Å²) in [6.07, 6.45) is 1.47. The number of nitrogens with one attached hydrogen (secondary N) is 1. The highest BCUT2D eigenvalue weighted by atomic mass is 19.1. The number of pyridine rings is 1. The summed E-state index contributed by atoms with van der Waals surface area (Å²) in [7, 11) is 1.36. The van der Waals surface area contributed by atoms with E-state index in [2.05, 4.69) is 10.3 Å². The van der Waals surface area contributed by atoms with Crippen molar-refractivity contribution in [1.82, 2.24) is 9.88 Å². The smallest absolute Gasteiger partial charge is 0.326 e. The fourth-order valence-electron chi connectivity index (χ4n) is 3.38. The first kappa shape index (κ1) is 20.3. The van der Waals surface area contributed by atoms with Gasteiger partial charge >= 0.3 is 6.03 Å². The number of carbonyl (C=O) groups is 2. The Morgan fingerprint density at radius 3 is 2.61 bits per heavy atom. The molecule has 4 rings (SSSR count). The van der Waals surface area contributed by atoms with Gasteiger partial charge in [0.15, 0.2) is 11.6 Å². The predicted molar refractivity (Wildman–Crippen MR) is 115 cm³/mol. The number of benzene rings is 2. The summed E-state index contributed by atoms with van der Waals surface area (Å²) in [6, 6.07) is 17.0. The Hall–Kier alpha value is -3.94. The van der Waals surface area contributed by atoms with Crippen molar-refractivity contribution in [1.29, 1.82) is 0 Å². The lowest BCUT2D eigenvalue weighted by molar-refractivity contribution is 0.102. The third kappa shape index (κ3) is 4.48. The van der Waals surface area contributed by atoms with Gasteiger partial charge in [-0.3, -0.25) is 9.69 Å². The quantitative estimate of drug-likeness (QED) is 0.656. The molecule has 1 aliphatic rings. The van der Waals surface area contributed by atoms with Gasteiger partial charge in [-0.05, 0) is 35.9 Å². The largest absolute Gasteiger partial charge is 0.494 e. The van der Waals surface area contributed by atoms with Gasteiger partial charge in [-0.15, -0.1) is 0 Å². The SMILES string of the molecule is COc1ccc(C(=O)Nc2ccc(N3CCN(Cc4ccccc4)C3=O)nc2)cc1F. The summed E-state index contributed by atoms with van der Waals surface area (Å²) in [5, 5.41) is 2.67. The van der Waals surface area contributed by atoms with E-state index in [9.17, 15) is 14.0 Å². The van der Waals surface area contributed by atoms with Gasteiger partial charge in [-0.25, -0.2) is 14.2 Å². The van der Waals surface area contributed by atoms with Crippen molar-refractivity contribution in [2.45, 2.75) is 6.54 Å². The summed E-state index contributed by atoms with van der Waals surface area (Å²) in [4.78, 5) is 32.8. The van der Waals surface area contributed by atoms with Crippen LogP contribution in [-0.2, 0) is 6.54 Å². The zero-order valence-electron chi connectivity index (χ0n) is 16.9. The molecule has 0 saturated carbocycles. The second-order valence-electron chi connectivity index (χ2n) is 7.05. The van der Waals surface area contributed by atoms with E-state index >= 15 is 0 Å². The molecule has 2 aromatic carbocycles. The van der Waals surface area contributed by atoms with E-state index in [4.69, 9.17) is 4.74 Å². The van der Waals surface area contributed by atoms with Crippen LogP contribution in [0, 0.1) is 5.82 Å². The lowest BCUT2D eigenvalue weighted by Gasteiger charge is -2.18. The molecule has 3 amide bonds. The second kappa shape index (κ2) is 8.83. The van der Waals surface area contributed by atoms with E-state index in [-0.39, 0.29) is 17.3 Å². The first-order valence-corrected chi connectivity index (χ1v) is 9.76. The predicted octanol–water partition coefficient (Wildman–Crippen LogP) is 3.92. The molecule has 1 fully saturated rings. The van der Waals surface area contributed by atoms with Gasteiger partial charge in [0.2, 0.25) is 0 Å². The van der Waals surface area contributed by atoms with Crippen molar-refractivity contribution in [2.75, 3.05) is 30.4 Å². The average Bonchev–Trinajstić information content (AvgIpc) is 3.15. The Kier molecular flexibility index (Phi) is 5.79. The van der Waals surface area contributed by atoms with E-state index in [1.54, 1.807) is 21.9 Å². The molecule has 2 heterocycles. The molecule has 158 valence electrons. The number of nitrogens with zero attached hydrogens (tertiary/aromatic N) is 3. The Morgan fingerprint density at radius 2 is 1.94 bits per heavy atom. The van der Waals surface area contributed by atoms with Crippen LogP contribution in [-0.4, -0.2) is 42.0 Å². The monoisotopic (exact) mass is 420 g/mol. The molecule has 8 heteroatoms. The second-order valence-corrected chi connectivity index (χ2v) is 7.05. The van der Waals surface area contributed by atoms with Crippen LogP contribution in [0.2, 0.25) is 0 Å². The highest BCUT2D eigenvalue weighted by Crippen LogP contribution is 2.22. The number of anilines is 2. The van der Waals surface area contributed by atoms with Crippen molar-refractivity contribution in [3.8, 4) is 5.75 Å². The van der Waals surface area contributed by atoms with Gasteiger partial charge in [-0.2, -0.15) is 0 Å². The number of hydrogen-bond acceptors (Lipinski definition) is 4. The van der Waals surface area contributed by atoms with Crippen LogP contribution in [0.3, 0.4) is 0 Å². The number of rotatable bonds is 6. The molecular weight excluding hydrogens is 399 g/mol. The van der Waals surface area contributed by atoms with Crippen LogP contribution in [0.4, 0.5) is 20.7 Å². The minimum absolute atomic E-state index is 0.0687. The zero-order valence-corrected chi connectivity index (χ0v) is 16.9. The normalized spacial score (nSPS) is 13.4. The fraction of sp³-hybridized carbons (Fsp3) is 0.174. The van der Waals surface area contributed by atoms with Gasteiger partial charge in [-0.1, -0.05) is 30.3 Å². The van der Waals surface area contributed by atoms with Gasteiger partial charge in [0, 0.05) is 25.2 Å². The highest BCUT2D eigenvalue weighted by molar-refractivity contribution is 6.04. The maximum atomic E-state index is 13.8. The first-order chi connectivity index (χ1) is 15.0. The Bertz CT molecular complexity index is 1090. The van der Waals surface area contributed by atoms with E-state index in [0.29, 0.717) is 31.1 Å². The number of urea groups is 1. The topological polar surface area (TPSA) is 74.8 Å². The fourth-order valence-corrected chi connectivity index (χ4v) is 3.38. The van der Waals surface area contributed by atoms with Gasteiger partial charge in [0.25, 0.3) is 5.91 Å². The van der Waals surface area contributed by atoms with Gasteiger partial charge in [0.05, 0.1) is 19.0 Å². The van der Waals surface area contributed by atoms with Crippen molar-refractivity contribution in [2.24, 2.45) is 0 Å². The standard InChI is InChI=1S/C23H21FN4O3/c1-31-20-9-7-17(13-19(20)24)22(29)26-18-8-10-21(25-14-18)28-12-11-27(23(28)30)15-16-5-3-2-4-6-16/h2-10,13-14H,11-12,15H2,1H3,(H,26,29). The third-order valence-electron chi connectivity index (χ3n) is 5.01. The molecule has 0 unspecified atom stereocenters. The third-order valence-corrected chi connectivity index (χ3v) is 5.01. The average molecular weight is 420 g/mol. The van der Waals surface area contributed by atoms with Crippen LogP contribution >= 0.6 is 0 Å². The lowest BCUT2D eigenvalue weighted by Crippen LogP contribution is -2.31. The van der Waals surface area contributed by atoms with Crippen LogP contribution in [0.25, 0.3) is 0 Å². The summed E-state index contributed by atoms with van der Waals surface area (Å²) < 4.78 is 18.7. The molecule has 0 aliphatic carbocycles. The van der Waals surface area contributed by atoms with E-state index in [0.717, 1.165) is 11.6 Å². The molecule has 0 radical (unpaired) electrons. The van der Waals surface area contributed by atoms with Crippen LogP contribution in [0.5, 0.6) is 5.75 Å². The Labute approximate surface area is 179 Å². The van der Waals surface area contributed by atoms with Crippen molar-refractivity contribution < 1.29 is 18.7 Å². The molecule has 7 nitrogen and oxygen atoms in total. The number of hydrogen-bond donors (Lipinski definition) is 1. The van der Waals surface area contributed by atoms with Crippen molar-refractivity contribution in [3.63, 3.8) is 0 Å². The summed E-state index contributed by atoms with van der Waals surface area (Å²) in [5.41, 5.74) is 1.67. The molecule has 0 spiro atoms. The molecule has 1 saturated heterocycles. The lowest BCUT2D eigenvalue weighted by atomic mass is 10.2. The molecule has 1 aliphatic heterocycles. The maximum Gasteiger partial charge on any atom is 0.326 e. The minimum atomic E-state index is -0.615. The molecular formula is C23H21FN4O3. The van der Waals surface area contributed by atoms with Crippen LogP contribution in [0.1, 0.15) is 15.9 Å². The molecule has 31 heavy (non-hydrogen) atoms. The van der Waals surface area contributed by atoms with Gasteiger partial charge in [0.1, 0.15) is 5.82 Å². The minimum Gasteiger partial charge on any atom is -0.494 e. The molecule has 1 aromatic heterocycles. The highest BCUT2D eigenvalue weighted by Gasteiger charge is 2.30. The van der Waals surface area contributed by atoms with E-state index < -0.39 is 11.7 Å². The summed E-state index contributed by atoms with van der Waals surface area (Å²) >= 11 is 0. The van der Waals surface area contributed by atoms with Crippen LogP contribution < -0.4 is 15.0 Å². The molecule has 0 bridgehead atoms. The summed E-state index contributed by atoms with van der Waals surface area (Å²) in [6.45, 7) is 1.69. The van der Waals surface area contributed by atoms with Crippen molar-refractivity contribution >= 4 is 23.4 Å². The van der Waals surface area contributed by atoms with E-state index in [1.165, 1.54) is 25.4 Å². The number of methoxy groups -OCH3 is 1. The Balaban J connectivity index is 1.39. The van der Waals surface area contributed by atoms with E-state index in [1.807, 2.05) is 30.3 Å². The Morgan fingerprint density at radius 1 is 1.13 bits per heavy atom. The zero-order chi connectivity index (χ0) is 21.8. The van der Waals surface area contributed by atoms with Gasteiger partial charge < -0.3 is 15.0 Å². The number of halogens is 1. The number of ether oxygens (including phenoxy) is 1. The van der Waals surface area contributed by atoms with Crippen molar-refractivity contribution in [3.05, 3.63) is 83.8 Å². The summed E-state index contributed by atoms with van der Waals surface area (Å²) in [5.74, 6) is -0.508. The van der Waals surface area contributed by atoms with Crippen LogP contribution in [0.15, 0.2) is 66.9 Å². The first-order valence-electron chi connectivity index (χ1n) is 9.76. The number of carbonyl (C=O) groups excluding carboxylic acids is 2. The number of aromatic nitrogens is 1. The molecule has 1 N–H and O–H groups in total. The maximum absolute atomic E-state index is 13.8. The molecule has 0 atom stereocenters.